The summed E-state index contributed by atoms with van der Waals surface area (Å²) in [6.07, 6.45) is -3.69. The number of nitrogens with one attached hydrogen (secondary N) is 2. The summed E-state index contributed by atoms with van der Waals surface area (Å²) in [5.41, 5.74) is 5.29. The Bertz CT molecular complexity index is 1490. The molecule has 13 heteroatoms. The Hall–Kier alpha value is -3.36. The van der Waals surface area contributed by atoms with Crippen molar-refractivity contribution in [2.24, 2.45) is 5.73 Å². The Kier molecular flexibility index (Phi) is 8.65. The number of aliphatic hydroxyl groups excluding tert-OH is 2. The van der Waals surface area contributed by atoms with Gasteiger partial charge in [0.1, 0.15) is 5.82 Å². The zero-order valence-corrected chi connectivity index (χ0v) is 24.1. The maximum Gasteiger partial charge on any atom is 0.586 e. The van der Waals surface area contributed by atoms with Crippen molar-refractivity contribution in [2.75, 3.05) is 44.8 Å². The van der Waals surface area contributed by atoms with Gasteiger partial charge in [-0.1, -0.05) is 19.9 Å². The minimum atomic E-state index is -3.77. The number of aliphatic hydroxyl groups is 2. The van der Waals surface area contributed by atoms with Crippen LogP contribution in [0.5, 0.6) is 11.5 Å². The molecule has 5 rings (SSSR count). The van der Waals surface area contributed by atoms with Crippen LogP contribution in [0.25, 0.3) is 10.9 Å². The number of alkyl halides is 2. The third-order valence-electron chi connectivity index (χ3n) is 7.92. The van der Waals surface area contributed by atoms with Crippen molar-refractivity contribution in [3.8, 4) is 11.5 Å². The molecule has 1 aliphatic carbocycles. The lowest BCUT2D eigenvalue weighted by Gasteiger charge is -2.26. The number of aromatic nitrogens is 1. The number of hydrogen-bond acceptors (Lipinski definition) is 8. The lowest BCUT2D eigenvalue weighted by molar-refractivity contribution is -0.286. The van der Waals surface area contributed by atoms with Crippen molar-refractivity contribution in [2.45, 2.75) is 56.5 Å². The standard InChI is InChI=1S/C30H37F3N4O6/c1-28(2,17-38)26-12-18-11-22(21(31)14-23(18)37(26)16-20(39)15-35-8-10-41-9-7-34)36-27(40)29(5-6-29)19-3-4-24-25(13-19)43-30(32,33)42-24/h3-4,11-14,20,35,38-39H,5-10,15-17,34H2,1-2H3,(H,36,40)/t20-/m0/s1. The van der Waals surface area contributed by atoms with Crippen molar-refractivity contribution < 1.29 is 42.4 Å². The Balaban J connectivity index is 1.36. The van der Waals surface area contributed by atoms with Crippen LogP contribution in [0.3, 0.4) is 0 Å². The molecule has 0 saturated heterocycles. The van der Waals surface area contributed by atoms with Gasteiger partial charge < -0.3 is 45.4 Å². The minimum absolute atomic E-state index is 0.0405. The lowest BCUT2D eigenvalue weighted by Crippen LogP contribution is -2.34. The molecule has 3 aromatic rings. The van der Waals surface area contributed by atoms with Crippen LogP contribution in [-0.2, 0) is 26.9 Å². The highest BCUT2D eigenvalue weighted by atomic mass is 19.3. The highest BCUT2D eigenvalue weighted by molar-refractivity contribution is 6.03. The predicted octanol–water partition coefficient (Wildman–Crippen LogP) is 2.97. The first-order valence-corrected chi connectivity index (χ1v) is 14.2. The molecule has 1 amide bonds. The van der Waals surface area contributed by atoms with Crippen LogP contribution in [0.2, 0.25) is 0 Å². The van der Waals surface area contributed by atoms with Crippen molar-refractivity contribution >= 4 is 22.5 Å². The normalized spacial score (nSPS) is 17.3. The molecule has 1 saturated carbocycles. The van der Waals surface area contributed by atoms with E-state index < -0.39 is 35.0 Å². The summed E-state index contributed by atoms with van der Waals surface area (Å²) in [4.78, 5) is 13.4. The fourth-order valence-corrected chi connectivity index (χ4v) is 5.35. The summed E-state index contributed by atoms with van der Waals surface area (Å²) in [5.74, 6) is -1.43. The molecular weight excluding hydrogens is 569 g/mol. The summed E-state index contributed by atoms with van der Waals surface area (Å²) in [6, 6.07) is 8.85. The molecule has 10 nitrogen and oxygen atoms in total. The SMILES string of the molecule is CC(C)(CO)c1cc2cc(NC(=O)C3(c4ccc5c(c4)OC(F)(F)O5)CC3)c(F)cc2n1C[C@@H](O)CNCCOCCN. The van der Waals surface area contributed by atoms with Crippen LogP contribution in [0, 0.1) is 5.82 Å². The fraction of sp³-hybridized carbons (Fsp3) is 0.500. The molecule has 1 aliphatic heterocycles. The van der Waals surface area contributed by atoms with Crippen LogP contribution in [0.4, 0.5) is 18.9 Å². The third kappa shape index (κ3) is 6.46. The van der Waals surface area contributed by atoms with Gasteiger partial charge in [0.25, 0.3) is 0 Å². The molecule has 2 aromatic carbocycles. The quantitative estimate of drug-likeness (QED) is 0.177. The maximum absolute atomic E-state index is 15.5. The first-order chi connectivity index (χ1) is 20.4. The first-order valence-electron chi connectivity index (χ1n) is 14.2. The van der Waals surface area contributed by atoms with Crippen molar-refractivity contribution in [1.82, 2.24) is 9.88 Å². The molecule has 0 spiro atoms. The van der Waals surface area contributed by atoms with Crippen molar-refractivity contribution in [1.29, 1.82) is 0 Å². The van der Waals surface area contributed by atoms with Gasteiger partial charge in [-0.2, -0.15) is 0 Å². The number of hydrogen-bond donors (Lipinski definition) is 5. The second-order valence-electron chi connectivity index (χ2n) is 11.7. The molecule has 234 valence electrons. The van der Waals surface area contributed by atoms with Gasteiger partial charge in [-0.25, -0.2) is 4.39 Å². The Morgan fingerprint density at radius 2 is 1.91 bits per heavy atom. The second kappa shape index (κ2) is 12.0. The minimum Gasteiger partial charge on any atom is -0.395 e. The molecular formula is C30H37F3N4O6. The average molecular weight is 607 g/mol. The number of carbonyl (C=O) groups excluding carboxylic acids is 1. The van der Waals surface area contributed by atoms with E-state index in [2.05, 4.69) is 20.1 Å². The summed E-state index contributed by atoms with van der Waals surface area (Å²) >= 11 is 0. The zero-order valence-electron chi connectivity index (χ0n) is 24.1. The van der Waals surface area contributed by atoms with Crippen molar-refractivity contribution in [3.05, 3.63) is 53.5 Å². The number of carbonyl (C=O) groups is 1. The van der Waals surface area contributed by atoms with Crippen molar-refractivity contribution in [3.63, 3.8) is 0 Å². The topological polar surface area (TPSA) is 140 Å². The van der Waals surface area contributed by atoms with E-state index in [4.69, 9.17) is 10.5 Å². The molecule has 1 atom stereocenters. The van der Waals surface area contributed by atoms with Crippen LogP contribution in [0.1, 0.15) is 37.9 Å². The number of fused-ring (bicyclic) bond motifs is 2. The molecule has 43 heavy (non-hydrogen) atoms. The van der Waals surface area contributed by atoms with Gasteiger partial charge >= 0.3 is 6.29 Å². The summed E-state index contributed by atoms with van der Waals surface area (Å²) in [7, 11) is 0. The van der Waals surface area contributed by atoms with Gasteiger partial charge in [0, 0.05) is 42.2 Å². The number of rotatable bonds is 14. The summed E-state index contributed by atoms with van der Waals surface area (Å²) in [6.45, 7) is 5.75. The van der Waals surface area contributed by atoms with Gasteiger partial charge in [-0.05, 0) is 42.7 Å². The molecule has 1 aromatic heterocycles. The van der Waals surface area contributed by atoms with Gasteiger partial charge in [-0.3, -0.25) is 4.79 Å². The molecule has 2 aliphatic rings. The molecule has 0 unspecified atom stereocenters. The Morgan fingerprint density at radius 3 is 2.60 bits per heavy atom. The third-order valence-corrected chi connectivity index (χ3v) is 7.92. The van der Waals surface area contributed by atoms with Gasteiger partial charge in [0.05, 0.1) is 49.1 Å². The highest BCUT2D eigenvalue weighted by Crippen LogP contribution is 2.52. The van der Waals surface area contributed by atoms with E-state index in [1.807, 2.05) is 19.9 Å². The average Bonchev–Trinajstić information content (AvgIpc) is 3.61. The number of benzene rings is 2. The van der Waals surface area contributed by atoms with E-state index in [0.29, 0.717) is 61.3 Å². The van der Waals surface area contributed by atoms with Gasteiger partial charge in [0.15, 0.2) is 11.5 Å². The molecule has 0 bridgehead atoms. The largest absolute Gasteiger partial charge is 0.586 e. The number of ether oxygens (including phenoxy) is 3. The van der Waals surface area contributed by atoms with Crippen LogP contribution in [-0.4, -0.2) is 72.5 Å². The van der Waals surface area contributed by atoms with E-state index in [9.17, 15) is 23.8 Å². The molecule has 2 heterocycles. The smallest absolute Gasteiger partial charge is 0.395 e. The second-order valence-corrected chi connectivity index (χ2v) is 11.7. The highest BCUT2D eigenvalue weighted by Gasteiger charge is 2.53. The molecule has 6 N–H and O–H groups in total. The number of nitrogens with two attached hydrogens (primary N) is 1. The lowest BCUT2D eigenvalue weighted by atomic mass is 9.90. The Labute approximate surface area is 246 Å². The fourth-order valence-electron chi connectivity index (χ4n) is 5.35. The van der Waals surface area contributed by atoms with Crippen LogP contribution in [0.15, 0.2) is 36.4 Å². The maximum atomic E-state index is 15.5. The van der Waals surface area contributed by atoms with Crippen LogP contribution < -0.4 is 25.8 Å². The van der Waals surface area contributed by atoms with E-state index in [0.717, 1.165) is 0 Å². The van der Waals surface area contributed by atoms with Gasteiger partial charge in [-0.15, -0.1) is 8.78 Å². The van der Waals surface area contributed by atoms with Crippen LogP contribution >= 0.6 is 0 Å². The van der Waals surface area contributed by atoms with E-state index in [1.165, 1.54) is 30.3 Å². The zero-order chi connectivity index (χ0) is 31.0. The number of nitrogens with zero attached hydrogens (tertiary/aromatic N) is 1. The Morgan fingerprint density at radius 1 is 1.16 bits per heavy atom. The summed E-state index contributed by atoms with van der Waals surface area (Å²) < 4.78 is 58.6. The monoisotopic (exact) mass is 606 g/mol. The van der Waals surface area contributed by atoms with Gasteiger partial charge in [0.2, 0.25) is 5.91 Å². The van der Waals surface area contributed by atoms with E-state index >= 15 is 4.39 Å². The predicted molar refractivity (Wildman–Crippen MR) is 153 cm³/mol. The van der Waals surface area contributed by atoms with E-state index in [-0.39, 0.29) is 36.9 Å². The first kappa shape index (κ1) is 31.1. The summed E-state index contributed by atoms with van der Waals surface area (Å²) in [5, 5.41) is 27.3. The number of amides is 1. The number of halogens is 3. The number of anilines is 1. The van der Waals surface area contributed by atoms with E-state index in [1.54, 1.807) is 4.57 Å². The molecule has 0 radical (unpaired) electrons. The molecule has 1 fully saturated rings.